The fraction of sp³-hybridized carbons (Fsp3) is 0.667. The van der Waals surface area contributed by atoms with E-state index in [0.717, 1.165) is 0 Å². The van der Waals surface area contributed by atoms with Crippen LogP contribution in [0.4, 0.5) is 0 Å². The van der Waals surface area contributed by atoms with E-state index in [1.54, 1.807) is 14.0 Å². The highest BCUT2D eigenvalue weighted by atomic mass is 32.2. The first-order valence-electron chi connectivity index (χ1n) is 5.07. The van der Waals surface area contributed by atoms with E-state index in [1.807, 2.05) is 6.92 Å². The van der Waals surface area contributed by atoms with Gasteiger partial charge in [0.05, 0.1) is 11.9 Å². The summed E-state index contributed by atoms with van der Waals surface area (Å²) in [6.07, 6.45) is 1.96. The average Bonchev–Trinajstić information content (AvgIpc) is 2.61. The maximum atomic E-state index is 12.1. The van der Waals surface area contributed by atoms with Gasteiger partial charge in [0.15, 0.2) is 0 Å². The molecular formula is C9H18N4O2S. The van der Waals surface area contributed by atoms with E-state index in [4.69, 9.17) is 5.73 Å². The molecule has 16 heavy (non-hydrogen) atoms. The Hall–Kier alpha value is -0.920. The summed E-state index contributed by atoms with van der Waals surface area (Å²) in [6, 6.07) is -0.0110. The zero-order chi connectivity index (χ0) is 12.3. The number of nitrogens with one attached hydrogen (secondary N) is 1. The van der Waals surface area contributed by atoms with Crippen LogP contribution in [0, 0.1) is 6.92 Å². The summed E-state index contributed by atoms with van der Waals surface area (Å²) >= 11 is 0. The van der Waals surface area contributed by atoms with Crippen LogP contribution in [0.3, 0.4) is 0 Å². The van der Waals surface area contributed by atoms with Crippen molar-refractivity contribution in [2.45, 2.75) is 31.2 Å². The van der Waals surface area contributed by atoms with Gasteiger partial charge >= 0.3 is 0 Å². The third-order valence-corrected chi connectivity index (χ3v) is 4.34. The van der Waals surface area contributed by atoms with Gasteiger partial charge in [-0.2, -0.15) is 5.10 Å². The van der Waals surface area contributed by atoms with E-state index in [1.165, 1.54) is 10.5 Å². The lowest BCUT2D eigenvalue weighted by Crippen LogP contribution is -2.31. The minimum absolute atomic E-state index is 0.0110. The quantitative estimate of drug-likeness (QED) is 0.769. The molecule has 0 saturated heterocycles. The van der Waals surface area contributed by atoms with Crippen molar-refractivity contribution in [1.29, 1.82) is 0 Å². The molecule has 0 fully saturated rings. The number of sulfonamides is 1. The molecule has 1 unspecified atom stereocenters. The van der Waals surface area contributed by atoms with Crippen molar-refractivity contribution in [3.05, 3.63) is 11.9 Å². The van der Waals surface area contributed by atoms with E-state index in [0.29, 0.717) is 18.7 Å². The normalized spacial score (nSPS) is 14.3. The van der Waals surface area contributed by atoms with E-state index in [-0.39, 0.29) is 10.9 Å². The molecule has 1 aromatic heterocycles. The highest BCUT2D eigenvalue weighted by molar-refractivity contribution is 7.89. The Balaban J connectivity index is 2.83. The summed E-state index contributed by atoms with van der Waals surface area (Å²) in [7, 11) is -1.89. The summed E-state index contributed by atoms with van der Waals surface area (Å²) in [6.45, 7) is 3.94. The Bertz CT molecular complexity index is 438. The van der Waals surface area contributed by atoms with Crippen molar-refractivity contribution in [2.24, 2.45) is 5.73 Å². The number of rotatable bonds is 5. The molecule has 0 bridgehead atoms. The van der Waals surface area contributed by atoms with Gasteiger partial charge in [-0.05, 0) is 20.3 Å². The fourth-order valence-corrected chi connectivity index (χ4v) is 2.57. The topological polar surface area (TPSA) is 92.1 Å². The van der Waals surface area contributed by atoms with E-state index >= 15 is 0 Å². The Morgan fingerprint density at radius 1 is 1.62 bits per heavy atom. The number of hydrogen-bond acceptors (Lipinski definition) is 4. The van der Waals surface area contributed by atoms with E-state index in [9.17, 15) is 8.42 Å². The lowest BCUT2D eigenvalue weighted by Gasteiger charge is -2.17. The number of hydrogen-bond donors (Lipinski definition) is 2. The summed E-state index contributed by atoms with van der Waals surface area (Å²) in [5.74, 6) is 0. The molecule has 1 heterocycles. The molecule has 0 aliphatic rings. The highest BCUT2D eigenvalue weighted by Crippen LogP contribution is 2.16. The van der Waals surface area contributed by atoms with Crippen LogP contribution in [0.5, 0.6) is 0 Å². The molecule has 0 spiro atoms. The average molecular weight is 246 g/mol. The molecule has 0 aliphatic heterocycles. The fourth-order valence-electron chi connectivity index (χ4n) is 1.27. The highest BCUT2D eigenvalue weighted by Gasteiger charge is 2.23. The Kier molecular flexibility index (Phi) is 4.06. The lowest BCUT2D eigenvalue weighted by molar-refractivity contribution is 0.446. The summed E-state index contributed by atoms with van der Waals surface area (Å²) in [5.41, 5.74) is 6.14. The number of aromatic nitrogens is 2. The van der Waals surface area contributed by atoms with E-state index in [2.05, 4.69) is 10.2 Å². The second kappa shape index (κ2) is 4.94. The minimum Gasteiger partial charge on any atom is -0.328 e. The molecule has 1 atom stereocenters. The van der Waals surface area contributed by atoms with Gasteiger partial charge < -0.3 is 5.73 Å². The van der Waals surface area contributed by atoms with Gasteiger partial charge in [-0.25, -0.2) is 12.7 Å². The van der Waals surface area contributed by atoms with Gasteiger partial charge in [0, 0.05) is 19.6 Å². The van der Waals surface area contributed by atoms with Crippen LogP contribution in [-0.2, 0) is 10.0 Å². The third-order valence-electron chi connectivity index (χ3n) is 2.37. The largest absolute Gasteiger partial charge is 0.328 e. The van der Waals surface area contributed by atoms with Crippen molar-refractivity contribution in [3.8, 4) is 0 Å². The van der Waals surface area contributed by atoms with Gasteiger partial charge in [-0.3, -0.25) is 5.10 Å². The molecule has 92 valence electrons. The monoisotopic (exact) mass is 246 g/mol. The zero-order valence-electron chi connectivity index (χ0n) is 9.77. The van der Waals surface area contributed by atoms with Crippen molar-refractivity contribution in [3.63, 3.8) is 0 Å². The summed E-state index contributed by atoms with van der Waals surface area (Å²) < 4.78 is 25.4. The molecule has 7 heteroatoms. The molecule has 1 aromatic rings. The summed E-state index contributed by atoms with van der Waals surface area (Å²) in [5, 5.41) is 6.32. The second-order valence-corrected chi connectivity index (χ2v) is 5.97. The molecular weight excluding hydrogens is 228 g/mol. The first-order valence-corrected chi connectivity index (χ1v) is 6.51. The molecule has 1 rings (SSSR count). The molecule has 3 N–H and O–H groups in total. The Morgan fingerprint density at radius 2 is 2.25 bits per heavy atom. The maximum absolute atomic E-state index is 12.1. The summed E-state index contributed by atoms with van der Waals surface area (Å²) in [4.78, 5) is 0.222. The number of aromatic amines is 1. The van der Waals surface area contributed by atoms with Crippen LogP contribution < -0.4 is 5.73 Å². The Labute approximate surface area is 95.9 Å². The number of aryl methyl sites for hydroxylation is 1. The zero-order valence-corrected chi connectivity index (χ0v) is 10.6. The van der Waals surface area contributed by atoms with Crippen LogP contribution in [0.25, 0.3) is 0 Å². The number of H-pyrrole nitrogens is 1. The smallest absolute Gasteiger partial charge is 0.246 e. The Morgan fingerprint density at radius 3 is 2.69 bits per heavy atom. The molecule has 0 amide bonds. The second-order valence-electron chi connectivity index (χ2n) is 3.95. The van der Waals surface area contributed by atoms with Crippen LogP contribution in [0.2, 0.25) is 0 Å². The number of nitrogens with two attached hydrogens (primary N) is 1. The molecule has 0 aromatic carbocycles. The SMILES string of the molecule is Cc1[nH]ncc1S(=O)(=O)N(C)CCC(C)N. The molecule has 0 aliphatic carbocycles. The minimum atomic E-state index is -3.44. The van der Waals surface area contributed by atoms with Crippen LogP contribution >= 0.6 is 0 Å². The van der Waals surface area contributed by atoms with Crippen molar-refractivity contribution < 1.29 is 8.42 Å². The van der Waals surface area contributed by atoms with Gasteiger partial charge in [-0.1, -0.05) is 0 Å². The number of nitrogens with zero attached hydrogens (tertiary/aromatic N) is 2. The van der Waals surface area contributed by atoms with Crippen LogP contribution in [-0.4, -0.2) is 42.6 Å². The van der Waals surface area contributed by atoms with Crippen LogP contribution in [0.1, 0.15) is 19.0 Å². The standard InChI is InChI=1S/C9H18N4O2S/c1-7(10)4-5-13(3)16(14,15)9-6-11-12-8(9)2/h6-7H,4-5,10H2,1-3H3,(H,11,12). The predicted octanol–water partition coefficient (Wildman–Crippen LogP) is 0.0759. The van der Waals surface area contributed by atoms with Crippen molar-refractivity contribution >= 4 is 10.0 Å². The van der Waals surface area contributed by atoms with Crippen molar-refractivity contribution in [2.75, 3.05) is 13.6 Å². The van der Waals surface area contributed by atoms with Gasteiger partial charge in [0.1, 0.15) is 4.90 Å². The molecule has 6 nitrogen and oxygen atoms in total. The first kappa shape index (κ1) is 13.1. The van der Waals surface area contributed by atoms with E-state index < -0.39 is 10.0 Å². The molecule has 0 saturated carbocycles. The van der Waals surface area contributed by atoms with Gasteiger partial charge in [-0.15, -0.1) is 0 Å². The van der Waals surface area contributed by atoms with Crippen molar-refractivity contribution in [1.82, 2.24) is 14.5 Å². The lowest BCUT2D eigenvalue weighted by atomic mass is 10.2. The van der Waals surface area contributed by atoms with Gasteiger partial charge in [0.2, 0.25) is 10.0 Å². The van der Waals surface area contributed by atoms with Crippen LogP contribution in [0.15, 0.2) is 11.1 Å². The maximum Gasteiger partial charge on any atom is 0.246 e. The first-order chi connectivity index (χ1) is 7.35. The van der Waals surface area contributed by atoms with Gasteiger partial charge in [0.25, 0.3) is 0 Å². The molecule has 0 radical (unpaired) electrons. The predicted molar refractivity (Wildman–Crippen MR) is 61.4 cm³/mol. The third kappa shape index (κ3) is 2.81.